The number of carbonyl (C=O) groups is 2. The molecule has 0 spiro atoms. The normalized spacial score (nSPS) is 24.4. The summed E-state index contributed by atoms with van der Waals surface area (Å²) in [6, 6.07) is 14.4. The molecule has 2 bridgehead atoms. The van der Waals surface area contributed by atoms with Gasteiger partial charge in [-0.3, -0.25) is 9.59 Å². The molecular weight excluding hydrogens is 625 g/mol. The summed E-state index contributed by atoms with van der Waals surface area (Å²) < 4.78 is 35.7. The monoisotopic (exact) mass is 672 g/mol. The predicted molar refractivity (Wildman–Crippen MR) is 187 cm³/mol. The van der Waals surface area contributed by atoms with Gasteiger partial charge in [0, 0.05) is 48.2 Å². The van der Waals surface area contributed by atoms with Crippen LogP contribution in [0.5, 0.6) is 5.75 Å². The molecule has 3 saturated carbocycles. The molecule has 2 unspecified atom stereocenters. The van der Waals surface area contributed by atoms with Crippen LogP contribution in [0.15, 0.2) is 42.5 Å². The van der Waals surface area contributed by atoms with Gasteiger partial charge in [-0.2, -0.15) is 0 Å². The number of ether oxygens (including phenoxy) is 1. The Labute approximate surface area is 284 Å². The fraction of sp³-hybridized carbons (Fsp3) is 0.579. The van der Waals surface area contributed by atoms with E-state index in [1.807, 2.05) is 24.3 Å². The number of piperidine rings is 1. The number of nitrogens with one attached hydrogen (secondary N) is 1. The number of carbonyl (C=O) groups excluding carboxylic acids is 2. The zero-order chi connectivity index (χ0) is 33.2. The van der Waals surface area contributed by atoms with Crippen molar-refractivity contribution in [3.05, 3.63) is 53.6 Å². The fourth-order valence-electron chi connectivity index (χ4n) is 9.01. The number of sulfonamides is 1. The van der Waals surface area contributed by atoms with E-state index < -0.39 is 26.6 Å². The Morgan fingerprint density at radius 3 is 2.21 bits per heavy atom. The molecule has 3 aliphatic carbocycles. The first kappa shape index (κ1) is 31.9. The largest absolute Gasteiger partial charge is 0.497 e. The maximum Gasteiger partial charge on any atom is 0.264 e. The minimum Gasteiger partial charge on any atom is -0.497 e. The van der Waals surface area contributed by atoms with Crippen LogP contribution in [-0.2, 0) is 21.4 Å². The number of likely N-dealkylation sites (N-methyl/N-ethyl adjacent to an activating group) is 1. The molecule has 8 rings (SSSR count). The Bertz CT molecular complexity index is 1820. The van der Waals surface area contributed by atoms with Crippen LogP contribution in [0.4, 0.5) is 0 Å². The number of benzene rings is 2. The van der Waals surface area contributed by atoms with Crippen molar-refractivity contribution in [1.29, 1.82) is 0 Å². The van der Waals surface area contributed by atoms with E-state index in [9.17, 15) is 18.0 Å². The second kappa shape index (κ2) is 12.2. The third-order valence-electron chi connectivity index (χ3n) is 11.8. The molecule has 9 nitrogen and oxygen atoms in total. The smallest absolute Gasteiger partial charge is 0.264 e. The number of nitrogens with zero attached hydrogens (tertiary/aromatic N) is 3. The summed E-state index contributed by atoms with van der Waals surface area (Å²) in [6.45, 7) is 2.39. The molecule has 2 amide bonds. The second-order valence-electron chi connectivity index (χ2n) is 15.3. The van der Waals surface area contributed by atoms with Crippen LogP contribution in [0, 0.1) is 5.41 Å². The fourth-order valence-corrected chi connectivity index (χ4v) is 10.3. The summed E-state index contributed by atoms with van der Waals surface area (Å²) in [4.78, 5) is 32.8. The van der Waals surface area contributed by atoms with Crippen molar-refractivity contribution < 1.29 is 22.7 Å². The number of hydrogen-bond donors (Lipinski definition) is 1. The van der Waals surface area contributed by atoms with Crippen molar-refractivity contribution in [1.82, 2.24) is 19.1 Å². The first-order valence-electron chi connectivity index (χ1n) is 18.1. The highest BCUT2D eigenvalue weighted by atomic mass is 32.2. The second-order valence-corrected chi connectivity index (χ2v) is 17.2. The van der Waals surface area contributed by atoms with Crippen molar-refractivity contribution in [3.63, 3.8) is 0 Å². The molecule has 1 N–H and O–H groups in total. The summed E-state index contributed by atoms with van der Waals surface area (Å²) in [5, 5.41) is 0.609. The highest BCUT2D eigenvalue weighted by Gasteiger charge is 2.55. The van der Waals surface area contributed by atoms with Gasteiger partial charge in [-0.05, 0) is 118 Å². The number of amides is 2. The molecule has 1 aromatic heterocycles. The quantitative estimate of drug-likeness (QED) is 0.297. The van der Waals surface area contributed by atoms with E-state index >= 15 is 0 Å². The molecule has 5 fully saturated rings. The standard InChI is InChI=1S/C38H48N4O5S/c1-40-22-28-9-6-10-29(23-40)42(28)37(44)38(19-20-38)24-41-33-21-27(36(43)39-48(45,46)31-16-17-31)13-18-32(33)34(25-7-4-3-5-8-25)35(41)26-11-14-30(47-2)15-12-26/h11-15,18,21,25,28-29,31H,3-10,16-17,19-20,22-24H2,1-2H3,(H,39,43). The number of methoxy groups -OCH3 is 1. The average molecular weight is 673 g/mol. The molecule has 2 aliphatic heterocycles. The number of rotatable bonds is 9. The summed E-state index contributed by atoms with van der Waals surface area (Å²) in [5.41, 5.74) is 4.19. The zero-order valence-corrected chi connectivity index (χ0v) is 29.1. The topological polar surface area (TPSA) is 101 Å². The minimum absolute atomic E-state index is 0.261. The van der Waals surface area contributed by atoms with Crippen LogP contribution in [-0.4, -0.2) is 79.2 Å². The summed E-state index contributed by atoms with van der Waals surface area (Å²) in [6.07, 6.45) is 11.9. The Morgan fingerprint density at radius 1 is 0.896 bits per heavy atom. The SMILES string of the molecule is COc1ccc(-c2c(C3CCCCC3)c3ccc(C(=O)NS(=O)(=O)C4CC4)cc3n2CC2(C(=O)N3C4CCCC3CN(C)C4)CC2)cc1. The van der Waals surface area contributed by atoms with Gasteiger partial charge in [0.05, 0.1) is 23.5 Å². The Kier molecular flexibility index (Phi) is 8.10. The van der Waals surface area contributed by atoms with E-state index in [0.29, 0.717) is 30.9 Å². The molecule has 3 heterocycles. The van der Waals surface area contributed by atoms with Gasteiger partial charge >= 0.3 is 0 Å². The summed E-state index contributed by atoms with van der Waals surface area (Å²) in [5.74, 6) is 0.838. The molecule has 2 saturated heterocycles. The molecule has 48 heavy (non-hydrogen) atoms. The molecule has 5 aliphatic rings. The van der Waals surface area contributed by atoms with Crippen LogP contribution in [0.1, 0.15) is 98.9 Å². The summed E-state index contributed by atoms with van der Waals surface area (Å²) in [7, 11) is 0.149. The molecule has 3 aromatic rings. The van der Waals surface area contributed by atoms with E-state index in [4.69, 9.17) is 4.74 Å². The van der Waals surface area contributed by atoms with Crippen molar-refractivity contribution >= 4 is 32.7 Å². The van der Waals surface area contributed by atoms with Crippen LogP contribution < -0.4 is 9.46 Å². The molecule has 10 heteroatoms. The first-order valence-corrected chi connectivity index (χ1v) is 19.6. The Morgan fingerprint density at radius 2 is 1.58 bits per heavy atom. The lowest BCUT2D eigenvalue weighted by atomic mass is 9.81. The predicted octanol–water partition coefficient (Wildman–Crippen LogP) is 6.06. The number of aromatic nitrogens is 1. The maximum absolute atomic E-state index is 14.7. The van der Waals surface area contributed by atoms with E-state index in [1.165, 1.54) is 31.2 Å². The lowest BCUT2D eigenvalue weighted by Gasteiger charge is -2.50. The van der Waals surface area contributed by atoms with Gasteiger partial charge < -0.3 is 19.1 Å². The minimum atomic E-state index is -3.69. The molecule has 2 aromatic carbocycles. The van der Waals surface area contributed by atoms with Gasteiger partial charge in [0.25, 0.3) is 5.91 Å². The van der Waals surface area contributed by atoms with Crippen molar-refractivity contribution in [3.8, 4) is 17.0 Å². The third kappa shape index (κ3) is 5.72. The number of piperazine rings is 1. The average Bonchev–Trinajstić information content (AvgIpc) is 4.02. The number of fused-ring (bicyclic) bond motifs is 3. The Hall–Kier alpha value is -3.37. The van der Waals surface area contributed by atoms with E-state index in [1.54, 1.807) is 13.2 Å². The van der Waals surface area contributed by atoms with Gasteiger partial charge in [0.2, 0.25) is 15.9 Å². The van der Waals surface area contributed by atoms with E-state index in [0.717, 1.165) is 79.5 Å². The highest BCUT2D eigenvalue weighted by molar-refractivity contribution is 7.91. The third-order valence-corrected chi connectivity index (χ3v) is 13.7. The van der Waals surface area contributed by atoms with E-state index in [2.05, 4.69) is 38.3 Å². The van der Waals surface area contributed by atoms with Crippen LogP contribution in [0.2, 0.25) is 0 Å². The van der Waals surface area contributed by atoms with Crippen LogP contribution >= 0.6 is 0 Å². The van der Waals surface area contributed by atoms with Gasteiger partial charge in [-0.1, -0.05) is 25.3 Å². The first-order chi connectivity index (χ1) is 23.2. The van der Waals surface area contributed by atoms with Gasteiger partial charge in [-0.15, -0.1) is 0 Å². The molecule has 256 valence electrons. The van der Waals surface area contributed by atoms with Crippen LogP contribution in [0.3, 0.4) is 0 Å². The molecule has 2 atom stereocenters. The number of likely N-dealkylation sites (tertiary alicyclic amines) is 1. The lowest BCUT2D eigenvalue weighted by Crippen LogP contribution is -2.63. The number of hydrogen-bond acceptors (Lipinski definition) is 6. The van der Waals surface area contributed by atoms with Gasteiger partial charge in [0.1, 0.15) is 5.75 Å². The lowest BCUT2D eigenvalue weighted by molar-refractivity contribution is -0.149. The Balaban J connectivity index is 1.26. The van der Waals surface area contributed by atoms with Crippen LogP contribution in [0.25, 0.3) is 22.2 Å². The van der Waals surface area contributed by atoms with Gasteiger partial charge in [0.15, 0.2) is 0 Å². The zero-order valence-electron chi connectivity index (χ0n) is 28.2. The summed E-state index contributed by atoms with van der Waals surface area (Å²) >= 11 is 0. The van der Waals surface area contributed by atoms with E-state index in [-0.39, 0.29) is 18.0 Å². The van der Waals surface area contributed by atoms with Crippen molar-refractivity contribution in [2.45, 2.75) is 107 Å². The maximum atomic E-state index is 14.7. The van der Waals surface area contributed by atoms with Gasteiger partial charge in [-0.25, -0.2) is 13.1 Å². The van der Waals surface area contributed by atoms with Crippen molar-refractivity contribution in [2.75, 3.05) is 27.2 Å². The highest BCUT2D eigenvalue weighted by Crippen LogP contribution is 2.53. The molecular formula is C38H48N4O5S. The molecule has 0 radical (unpaired) electrons. The van der Waals surface area contributed by atoms with Crippen molar-refractivity contribution in [2.24, 2.45) is 5.41 Å².